The van der Waals surface area contributed by atoms with Crippen LogP contribution in [-0.2, 0) is 6.54 Å². The maximum Gasteiger partial charge on any atom is 0.203 e. The highest BCUT2D eigenvalue weighted by molar-refractivity contribution is 5.91. The minimum absolute atomic E-state index is 0.330. The smallest absolute Gasteiger partial charge is 0.203 e. The molecule has 0 radical (unpaired) electrons. The standard InChI is InChI=1S/C15H11N3O/c16-9-11-6-7-12(19-11)10-18-15-5-1-4-14-13(15)3-2-8-17-14/h1-8,18H,10H2. The second-order valence-corrected chi connectivity index (χ2v) is 4.11. The summed E-state index contributed by atoms with van der Waals surface area (Å²) in [5.74, 6) is 1.06. The number of rotatable bonds is 3. The van der Waals surface area contributed by atoms with Crippen LogP contribution in [0, 0.1) is 11.3 Å². The Morgan fingerprint density at radius 2 is 2.11 bits per heavy atom. The van der Waals surface area contributed by atoms with Crippen molar-refractivity contribution in [1.29, 1.82) is 5.26 Å². The Morgan fingerprint density at radius 3 is 2.95 bits per heavy atom. The Kier molecular flexibility index (Phi) is 2.87. The first kappa shape index (κ1) is 11.3. The summed E-state index contributed by atoms with van der Waals surface area (Å²) in [5.41, 5.74) is 1.95. The number of hydrogen-bond donors (Lipinski definition) is 1. The first-order chi connectivity index (χ1) is 9.36. The normalized spacial score (nSPS) is 10.3. The van der Waals surface area contributed by atoms with E-state index in [-0.39, 0.29) is 0 Å². The van der Waals surface area contributed by atoms with Crippen LogP contribution in [0.3, 0.4) is 0 Å². The summed E-state index contributed by atoms with van der Waals surface area (Å²) >= 11 is 0. The summed E-state index contributed by atoms with van der Waals surface area (Å²) in [6, 6.07) is 15.3. The lowest BCUT2D eigenvalue weighted by Crippen LogP contribution is -1.98. The number of nitrogens with zero attached hydrogens (tertiary/aromatic N) is 2. The van der Waals surface area contributed by atoms with Crippen LogP contribution in [-0.4, -0.2) is 4.98 Å². The molecular weight excluding hydrogens is 238 g/mol. The molecule has 2 aromatic heterocycles. The number of hydrogen-bond acceptors (Lipinski definition) is 4. The molecule has 0 fully saturated rings. The molecule has 0 aliphatic heterocycles. The van der Waals surface area contributed by atoms with Crippen molar-refractivity contribution in [2.75, 3.05) is 5.32 Å². The SMILES string of the molecule is N#Cc1ccc(CNc2cccc3ncccc23)o1. The number of benzene rings is 1. The second-order valence-electron chi connectivity index (χ2n) is 4.11. The van der Waals surface area contributed by atoms with Gasteiger partial charge in [0.05, 0.1) is 12.1 Å². The van der Waals surface area contributed by atoms with Gasteiger partial charge in [-0.2, -0.15) is 5.26 Å². The Hall–Kier alpha value is -2.80. The summed E-state index contributed by atoms with van der Waals surface area (Å²) < 4.78 is 5.33. The maximum atomic E-state index is 8.71. The molecule has 1 N–H and O–H groups in total. The molecule has 2 heterocycles. The summed E-state index contributed by atoms with van der Waals surface area (Å²) in [7, 11) is 0. The summed E-state index contributed by atoms with van der Waals surface area (Å²) in [5, 5.41) is 13.1. The van der Waals surface area contributed by atoms with Gasteiger partial charge in [-0.15, -0.1) is 0 Å². The third-order valence-corrected chi connectivity index (χ3v) is 2.87. The van der Waals surface area contributed by atoms with Gasteiger partial charge in [0.2, 0.25) is 5.76 Å². The molecule has 92 valence electrons. The van der Waals surface area contributed by atoms with Crippen molar-refractivity contribution >= 4 is 16.6 Å². The maximum absolute atomic E-state index is 8.71. The molecule has 1 aromatic carbocycles. The molecule has 19 heavy (non-hydrogen) atoms. The average molecular weight is 249 g/mol. The van der Waals surface area contributed by atoms with E-state index in [9.17, 15) is 0 Å². The number of fused-ring (bicyclic) bond motifs is 1. The number of nitriles is 1. The number of furan rings is 1. The lowest BCUT2D eigenvalue weighted by Gasteiger charge is -2.07. The molecule has 0 unspecified atom stereocenters. The van der Waals surface area contributed by atoms with Crippen molar-refractivity contribution in [3.63, 3.8) is 0 Å². The molecule has 0 aliphatic carbocycles. The van der Waals surface area contributed by atoms with Crippen molar-refractivity contribution in [2.24, 2.45) is 0 Å². The predicted molar refractivity (Wildman–Crippen MR) is 72.5 cm³/mol. The molecule has 4 nitrogen and oxygen atoms in total. The monoisotopic (exact) mass is 249 g/mol. The Morgan fingerprint density at radius 1 is 1.16 bits per heavy atom. The van der Waals surface area contributed by atoms with Gasteiger partial charge in [-0.1, -0.05) is 6.07 Å². The van der Waals surface area contributed by atoms with E-state index in [4.69, 9.17) is 9.68 Å². The van der Waals surface area contributed by atoms with Crippen LogP contribution in [0.25, 0.3) is 10.9 Å². The van der Waals surface area contributed by atoms with E-state index >= 15 is 0 Å². The lowest BCUT2D eigenvalue weighted by molar-refractivity contribution is 0.506. The number of anilines is 1. The van der Waals surface area contributed by atoms with Crippen LogP contribution in [0.1, 0.15) is 11.5 Å². The van der Waals surface area contributed by atoms with Crippen LogP contribution in [0.15, 0.2) is 53.1 Å². The molecule has 4 heteroatoms. The molecule has 0 saturated heterocycles. The zero-order valence-corrected chi connectivity index (χ0v) is 10.1. The van der Waals surface area contributed by atoms with Crippen LogP contribution in [0.4, 0.5) is 5.69 Å². The molecule has 3 rings (SSSR count). The quantitative estimate of drug-likeness (QED) is 0.773. The summed E-state index contributed by atoms with van der Waals surface area (Å²) in [4.78, 5) is 4.31. The number of pyridine rings is 1. The van der Waals surface area contributed by atoms with Crippen LogP contribution in [0.2, 0.25) is 0 Å². The van der Waals surface area contributed by atoms with Gasteiger partial charge in [-0.05, 0) is 36.4 Å². The van der Waals surface area contributed by atoms with Crippen molar-refractivity contribution in [3.8, 4) is 6.07 Å². The molecule has 0 amide bonds. The van der Waals surface area contributed by atoms with Crippen molar-refractivity contribution in [2.45, 2.75) is 6.54 Å². The first-order valence-corrected chi connectivity index (χ1v) is 5.93. The van der Waals surface area contributed by atoms with Crippen molar-refractivity contribution in [3.05, 3.63) is 60.2 Å². The summed E-state index contributed by atoms with van der Waals surface area (Å²) in [6.45, 7) is 0.537. The zero-order valence-electron chi connectivity index (χ0n) is 10.1. The fourth-order valence-electron chi connectivity index (χ4n) is 1.97. The third-order valence-electron chi connectivity index (χ3n) is 2.87. The minimum atomic E-state index is 0.330. The van der Waals surface area contributed by atoms with E-state index in [1.165, 1.54) is 0 Å². The van der Waals surface area contributed by atoms with Gasteiger partial charge in [0.1, 0.15) is 11.8 Å². The van der Waals surface area contributed by atoms with Gasteiger partial charge in [0.25, 0.3) is 0 Å². The van der Waals surface area contributed by atoms with Crippen LogP contribution >= 0.6 is 0 Å². The number of nitrogens with one attached hydrogen (secondary N) is 1. The predicted octanol–water partition coefficient (Wildman–Crippen LogP) is 3.31. The lowest BCUT2D eigenvalue weighted by atomic mass is 10.2. The van der Waals surface area contributed by atoms with Crippen LogP contribution < -0.4 is 5.32 Å². The molecular formula is C15H11N3O. The minimum Gasteiger partial charge on any atom is -0.449 e. The highest BCUT2D eigenvalue weighted by Crippen LogP contribution is 2.22. The van der Waals surface area contributed by atoms with Gasteiger partial charge >= 0.3 is 0 Å². The third kappa shape index (κ3) is 2.26. The Bertz CT molecular complexity index is 750. The van der Waals surface area contributed by atoms with Crippen molar-refractivity contribution in [1.82, 2.24) is 4.98 Å². The van der Waals surface area contributed by atoms with E-state index in [0.29, 0.717) is 12.3 Å². The molecule has 0 aliphatic rings. The molecule has 3 aromatic rings. The van der Waals surface area contributed by atoms with Gasteiger partial charge in [-0.25, -0.2) is 0 Å². The Balaban J connectivity index is 1.84. The van der Waals surface area contributed by atoms with Gasteiger partial charge in [0.15, 0.2) is 0 Å². The topological polar surface area (TPSA) is 61.9 Å². The molecule has 0 spiro atoms. The second kappa shape index (κ2) is 4.83. The molecule has 0 saturated carbocycles. The largest absolute Gasteiger partial charge is 0.449 e. The zero-order chi connectivity index (χ0) is 13.1. The van der Waals surface area contributed by atoms with Gasteiger partial charge in [-0.3, -0.25) is 4.98 Å². The van der Waals surface area contributed by atoms with Gasteiger partial charge < -0.3 is 9.73 Å². The van der Waals surface area contributed by atoms with E-state index in [1.807, 2.05) is 36.4 Å². The highest BCUT2D eigenvalue weighted by Gasteiger charge is 2.03. The van der Waals surface area contributed by atoms with E-state index in [2.05, 4.69) is 10.3 Å². The Labute approximate surface area is 110 Å². The van der Waals surface area contributed by atoms with E-state index < -0.39 is 0 Å². The van der Waals surface area contributed by atoms with Gasteiger partial charge in [0, 0.05) is 17.3 Å². The number of aromatic nitrogens is 1. The van der Waals surface area contributed by atoms with E-state index in [1.54, 1.807) is 18.3 Å². The fourth-order valence-corrected chi connectivity index (χ4v) is 1.97. The fraction of sp³-hybridized carbons (Fsp3) is 0.0667. The molecule has 0 atom stereocenters. The first-order valence-electron chi connectivity index (χ1n) is 5.93. The summed E-state index contributed by atoms with van der Waals surface area (Å²) in [6.07, 6.45) is 1.78. The highest BCUT2D eigenvalue weighted by atomic mass is 16.3. The van der Waals surface area contributed by atoms with Crippen LogP contribution in [0.5, 0.6) is 0 Å². The average Bonchev–Trinajstić information content (AvgIpc) is 2.93. The molecule has 0 bridgehead atoms. The van der Waals surface area contributed by atoms with Crippen molar-refractivity contribution < 1.29 is 4.42 Å². The van der Waals surface area contributed by atoms with E-state index in [0.717, 1.165) is 22.4 Å².